The monoisotopic (exact) mass is 356 g/mol. The molecule has 2 heteroatoms. The lowest BCUT2D eigenvalue weighted by Crippen LogP contribution is -2.10. The van der Waals surface area contributed by atoms with E-state index >= 15 is 0 Å². The summed E-state index contributed by atoms with van der Waals surface area (Å²) in [6, 6.07) is 8.31. The van der Waals surface area contributed by atoms with E-state index < -0.39 is 0 Å². The number of ketones is 1. The molecule has 0 amide bonds. The molecule has 1 saturated carbocycles. The van der Waals surface area contributed by atoms with Crippen molar-refractivity contribution in [1.29, 1.82) is 0 Å². The highest BCUT2D eigenvalue weighted by atomic mass is 127. The Bertz CT molecular complexity index is 375. The highest BCUT2D eigenvalue weighted by Crippen LogP contribution is 2.26. The molecule has 0 aromatic heterocycles. The molecular weight excluding hydrogens is 335 g/mol. The van der Waals surface area contributed by atoms with Crippen LogP contribution in [0, 0.1) is 9.49 Å². The van der Waals surface area contributed by atoms with Gasteiger partial charge in [-0.2, -0.15) is 0 Å². The summed E-state index contributed by atoms with van der Waals surface area (Å²) >= 11 is 2.29. The molecule has 0 N–H and O–H groups in total. The molecule has 1 aromatic carbocycles. The van der Waals surface area contributed by atoms with Gasteiger partial charge in [-0.25, -0.2) is 0 Å². The van der Waals surface area contributed by atoms with Crippen LogP contribution in [0.4, 0.5) is 0 Å². The Balaban J connectivity index is 1.82. The van der Waals surface area contributed by atoms with Crippen LogP contribution in [0.5, 0.6) is 0 Å². The van der Waals surface area contributed by atoms with Crippen LogP contribution >= 0.6 is 22.6 Å². The summed E-state index contributed by atoms with van der Waals surface area (Å²) in [4.78, 5) is 12.1. The van der Waals surface area contributed by atoms with Gasteiger partial charge in [-0.15, -0.1) is 0 Å². The molecule has 18 heavy (non-hydrogen) atoms. The zero-order valence-electron chi connectivity index (χ0n) is 10.8. The van der Waals surface area contributed by atoms with Crippen LogP contribution in [0.25, 0.3) is 0 Å². The van der Waals surface area contributed by atoms with Gasteiger partial charge in [0.2, 0.25) is 0 Å². The van der Waals surface area contributed by atoms with Crippen molar-refractivity contribution in [3.8, 4) is 0 Å². The van der Waals surface area contributed by atoms with E-state index in [1.54, 1.807) is 0 Å². The Morgan fingerprint density at radius 3 is 2.28 bits per heavy atom. The van der Waals surface area contributed by atoms with Gasteiger partial charge in [0.15, 0.2) is 0 Å². The number of carbonyl (C=O) groups excluding carboxylic acids is 1. The Labute approximate surface area is 123 Å². The van der Waals surface area contributed by atoms with Crippen molar-refractivity contribution in [2.45, 2.75) is 51.4 Å². The van der Waals surface area contributed by atoms with E-state index in [-0.39, 0.29) is 0 Å². The molecule has 1 aliphatic carbocycles. The average Bonchev–Trinajstić information content (AvgIpc) is 2.61. The standard InChI is InChI=1S/C16H21IO/c17-15-9-7-14(8-10-15)12-16(18)11-13-5-3-1-2-4-6-13/h7-10,13H,1-6,11-12H2. The number of benzene rings is 1. The predicted molar refractivity (Wildman–Crippen MR) is 83.7 cm³/mol. The summed E-state index contributed by atoms with van der Waals surface area (Å²) in [5.74, 6) is 1.08. The number of halogens is 1. The van der Waals surface area contributed by atoms with Crippen LogP contribution < -0.4 is 0 Å². The zero-order chi connectivity index (χ0) is 12.8. The first-order valence-electron chi connectivity index (χ1n) is 7.00. The summed E-state index contributed by atoms with van der Waals surface area (Å²) < 4.78 is 1.23. The van der Waals surface area contributed by atoms with Crippen molar-refractivity contribution in [2.75, 3.05) is 0 Å². The van der Waals surface area contributed by atoms with Gasteiger partial charge >= 0.3 is 0 Å². The normalized spacial score (nSPS) is 17.4. The Kier molecular flexibility index (Phi) is 5.67. The van der Waals surface area contributed by atoms with Crippen LogP contribution in [0.3, 0.4) is 0 Å². The molecule has 1 nitrogen and oxygen atoms in total. The summed E-state index contributed by atoms with van der Waals surface area (Å²) in [6.45, 7) is 0. The third-order valence-corrected chi connectivity index (χ3v) is 4.52. The molecule has 0 saturated heterocycles. The molecule has 0 spiro atoms. The van der Waals surface area contributed by atoms with E-state index in [1.807, 2.05) is 0 Å². The fraction of sp³-hybridized carbons (Fsp3) is 0.562. The highest BCUT2D eigenvalue weighted by Gasteiger charge is 2.16. The summed E-state index contributed by atoms with van der Waals surface area (Å²) in [7, 11) is 0. The Hall–Kier alpha value is -0.380. The minimum atomic E-state index is 0.420. The minimum Gasteiger partial charge on any atom is -0.299 e. The number of hydrogen-bond donors (Lipinski definition) is 0. The second-order valence-electron chi connectivity index (χ2n) is 5.40. The molecule has 0 bridgehead atoms. The molecule has 0 unspecified atom stereocenters. The van der Waals surface area contributed by atoms with Crippen molar-refractivity contribution in [3.05, 3.63) is 33.4 Å². The summed E-state index contributed by atoms with van der Waals surface area (Å²) in [5, 5.41) is 0. The van der Waals surface area contributed by atoms with Gasteiger partial charge in [-0.1, -0.05) is 50.7 Å². The molecule has 2 rings (SSSR count). The average molecular weight is 356 g/mol. The molecule has 0 radical (unpaired) electrons. The molecule has 1 aromatic rings. The highest BCUT2D eigenvalue weighted by molar-refractivity contribution is 14.1. The third kappa shape index (κ3) is 4.71. The van der Waals surface area contributed by atoms with E-state index in [9.17, 15) is 4.79 Å². The summed E-state index contributed by atoms with van der Waals surface area (Å²) in [5.41, 5.74) is 1.16. The van der Waals surface area contributed by atoms with Crippen molar-refractivity contribution in [2.24, 2.45) is 5.92 Å². The number of Topliss-reactive ketones (excluding diaryl/α,β-unsaturated/α-hetero) is 1. The van der Waals surface area contributed by atoms with Crippen molar-refractivity contribution in [3.63, 3.8) is 0 Å². The quantitative estimate of drug-likeness (QED) is 0.561. The first-order chi connectivity index (χ1) is 8.74. The van der Waals surface area contributed by atoms with Gasteiger partial charge < -0.3 is 0 Å². The SMILES string of the molecule is O=C(Cc1ccc(I)cc1)CC1CCCCCC1. The van der Waals surface area contributed by atoms with E-state index in [0.29, 0.717) is 18.1 Å². The Morgan fingerprint density at radius 1 is 1.06 bits per heavy atom. The van der Waals surface area contributed by atoms with E-state index in [1.165, 1.54) is 42.1 Å². The molecule has 0 heterocycles. The van der Waals surface area contributed by atoms with Crippen LogP contribution in [0.15, 0.2) is 24.3 Å². The Morgan fingerprint density at radius 2 is 1.67 bits per heavy atom. The first-order valence-corrected chi connectivity index (χ1v) is 8.08. The minimum absolute atomic E-state index is 0.420. The van der Waals surface area contributed by atoms with Gasteiger partial charge in [-0.05, 0) is 46.2 Å². The fourth-order valence-corrected chi connectivity index (χ4v) is 3.15. The van der Waals surface area contributed by atoms with Crippen LogP contribution in [-0.4, -0.2) is 5.78 Å². The second-order valence-corrected chi connectivity index (χ2v) is 6.65. The maximum Gasteiger partial charge on any atom is 0.137 e. The van der Waals surface area contributed by atoms with Crippen LogP contribution in [-0.2, 0) is 11.2 Å². The number of hydrogen-bond acceptors (Lipinski definition) is 1. The predicted octanol–water partition coefficient (Wildman–Crippen LogP) is 4.76. The first kappa shape index (κ1) is 14.0. The lowest BCUT2D eigenvalue weighted by atomic mass is 9.92. The second kappa shape index (κ2) is 7.27. The van der Waals surface area contributed by atoms with E-state index in [4.69, 9.17) is 0 Å². The van der Waals surface area contributed by atoms with Gasteiger partial charge in [0, 0.05) is 16.4 Å². The number of rotatable bonds is 4. The third-order valence-electron chi connectivity index (χ3n) is 3.81. The zero-order valence-corrected chi connectivity index (χ0v) is 13.0. The molecule has 0 aliphatic heterocycles. The van der Waals surface area contributed by atoms with E-state index in [0.717, 1.165) is 12.0 Å². The molecule has 1 fully saturated rings. The van der Waals surface area contributed by atoms with Crippen LogP contribution in [0.2, 0.25) is 0 Å². The van der Waals surface area contributed by atoms with Gasteiger partial charge in [0.1, 0.15) is 5.78 Å². The molecule has 1 aliphatic rings. The van der Waals surface area contributed by atoms with Gasteiger partial charge in [0.25, 0.3) is 0 Å². The molecule has 98 valence electrons. The molecular formula is C16H21IO. The lowest BCUT2D eigenvalue weighted by molar-refractivity contribution is -0.119. The largest absolute Gasteiger partial charge is 0.299 e. The van der Waals surface area contributed by atoms with Gasteiger partial charge in [0.05, 0.1) is 0 Å². The lowest BCUT2D eigenvalue weighted by Gasteiger charge is -2.12. The van der Waals surface area contributed by atoms with Crippen molar-refractivity contribution >= 4 is 28.4 Å². The topological polar surface area (TPSA) is 17.1 Å². The van der Waals surface area contributed by atoms with E-state index in [2.05, 4.69) is 46.9 Å². The fourth-order valence-electron chi connectivity index (χ4n) is 2.79. The van der Waals surface area contributed by atoms with Crippen LogP contribution in [0.1, 0.15) is 50.5 Å². The smallest absolute Gasteiger partial charge is 0.137 e. The van der Waals surface area contributed by atoms with Crippen molar-refractivity contribution < 1.29 is 4.79 Å². The summed E-state index contributed by atoms with van der Waals surface area (Å²) in [6.07, 6.45) is 9.31. The maximum atomic E-state index is 12.1. The van der Waals surface area contributed by atoms with Crippen molar-refractivity contribution in [1.82, 2.24) is 0 Å². The van der Waals surface area contributed by atoms with Gasteiger partial charge in [-0.3, -0.25) is 4.79 Å². The maximum absolute atomic E-state index is 12.1. The number of carbonyl (C=O) groups is 1. The molecule has 0 atom stereocenters.